The Labute approximate surface area is 152 Å². The van der Waals surface area contributed by atoms with E-state index in [1.165, 1.54) is 4.90 Å². The Morgan fingerprint density at radius 1 is 0.958 bits per heavy atom. The van der Waals surface area contributed by atoms with Crippen molar-refractivity contribution in [3.05, 3.63) is 40.5 Å². The molecule has 0 radical (unpaired) electrons. The van der Waals surface area contributed by atoms with E-state index in [-0.39, 0.29) is 11.9 Å². The van der Waals surface area contributed by atoms with E-state index < -0.39 is 0 Å². The van der Waals surface area contributed by atoms with Crippen molar-refractivity contribution in [1.82, 2.24) is 10.2 Å². The van der Waals surface area contributed by atoms with Gasteiger partial charge in [0.2, 0.25) is 0 Å². The van der Waals surface area contributed by atoms with Crippen molar-refractivity contribution in [2.24, 2.45) is 0 Å². The SMILES string of the molecule is O=C1N/C(=C\c2ccc(Cl)cc2)C(=O)N1CCCCCCCCCl. The third-order valence-electron chi connectivity index (χ3n) is 3.91. The topological polar surface area (TPSA) is 49.4 Å². The first-order chi connectivity index (χ1) is 11.6. The lowest BCUT2D eigenvalue weighted by Crippen LogP contribution is -2.31. The van der Waals surface area contributed by atoms with Gasteiger partial charge >= 0.3 is 6.03 Å². The third kappa shape index (κ3) is 5.53. The number of carbonyl (C=O) groups excluding carboxylic acids is 2. The van der Waals surface area contributed by atoms with Crippen LogP contribution in [-0.4, -0.2) is 29.3 Å². The van der Waals surface area contributed by atoms with Gasteiger partial charge in [0.15, 0.2) is 0 Å². The highest BCUT2D eigenvalue weighted by Crippen LogP contribution is 2.17. The van der Waals surface area contributed by atoms with Crippen molar-refractivity contribution in [2.45, 2.75) is 38.5 Å². The number of hydrogen-bond donors (Lipinski definition) is 1. The largest absolute Gasteiger partial charge is 0.329 e. The average Bonchev–Trinajstić information content (AvgIpc) is 2.83. The van der Waals surface area contributed by atoms with Gasteiger partial charge in [-0.05, 0) is 36.6 Å². The molecule has 24 heavy (non-hydrogen) atoms. The number of carbonyl (C=O) groups is 2. The summed E-state index contributed by atoms with van der Waals surface area (Å²) >= 11 is 11.5. The monoisotopic (exact) mass is 368 g/mol. The standard InChI is InChI=1S/C18H22Cl2N2O2/c19-11-5-3-1-2-4-6-12-22-17(23)16(21-18(22)24)13-14-7-9-15(20)10-8-14/h7-10,13H,1-6,11-12H2,(H,21,24)/b16-13-. The van der Waals surface area contributed by atoms with Crippen LogP contribution in [0, 0.1) is 0 Å². The second kappa shape index (κ2) is 9.70. The molecule has 3 amide bonds. The molecule has 0 saturated carbocycles. The van der Waals surface area contributed by atoms with E-state index in [1.807, 2.05) is 0 Å². The molecule has 0 aromatic heterocycles. The molecule has 1 saturated heterocycles. The summed E-state index contributed by atoms with van der Waals surface area (Å²) in [4.78, 5) is 25.6. The Balaban J connectivity index is 1.82. The minimum absolute atomic E-state index is 0.267. The Morgan fingerprint density at radius 2 is 1.58 bits per heavy atom. The molecular formula is C18H22Cl2N2O2. The molecule has 1 heterocycles. The van der Waals surface area contributed by atoms with Gasteiger partial charge in [-0.15, -0.1) is 11.6 Å². The zero-order chi connectivity index (χ0) is 17.4. The molecule has 2 rings (SSSR count). The molecule has 4 nitrogen and oxygen atoms in total. The van der Waals surface area contributed by atoms with Crippen LogP contribution in [0.25, 0.3) is 6.08 Å². The van der Waals surface area contributed by atoms with Crippen LogP contribution >= 0.6 is 23.2 Å². The molecule has 1 aromatic rings. The van der Waals surface area contributed by atoms with Crippen LogP contribution in [0.5, 0.6) is 0 Å². The summed E-state index contributed by atoms with van der Waals surface area (Å²) in [5, 5.41) is 3.27. The number of nitrogens with one attached hydrogen (secondary N) is 1. The summed E-state index contributed by atoms with van der Waals surface area (Å²) in [6.45, 7) is 0.456. The van der Waals surface area contributed by atoms with Crippen LogP contribution in [-0.2, 0) is 4.79 Å². The van der Waals surface area contributed by atoms with E-state index in [1.54, 1.807) is 30.3 Å². The van der Waals surface area contributed by atoms with E-state index >= 15 is 0 Å². The zero-order valence-corrected chi connectivity index (χ0v) is 15.1. The first-order valence-electron chi connectivity index (χ1n) is 8.28. The molecule has 0 bridgehead atoms. The van der Waals surface area contributed by atoms with E-state index in [0.29, 0.717) is 23.1 Å². The predicted octanol–water partition coefficient (Wildman–Crippen LogP) is 4.81. The fourth-order valence-corrected chi connectivity index (χ4v) is 2.89. The number of nitrogens with zero attached hydrogens (tertiary/aromatic N) is 1. The van der Waals surface area contributed by atoms with Crippen molar-refractivity contribution < 1.29 is 9.59 Å². The summed E-state index contributed by atoms with van der Waals surface area (Å²) in [6.07, 6.45) is 7.95. The minimum Gasteiger partial charge on any atom is -0.303 e. The first kappa shape index (κ1) is 18.8. The smallest absolute Gasteiger partial charge is 0.303 e. The molecule has 0 spiro atoms. The number of unbranched alkanes of at least 4 members (excludes halogenated alkanes) is 5. The van der Waals surface area contributed by atoms with Gasteiger partial charge in [-0.25, -0.2) is 4.79 Å². The number of amides is 3. The number of urea groups is 1. The van der Waals surface area contributed by atoms with Gasteiger partial charge in [0.1, 0.15) is 5.70 Å². The van der Waals surface area contributed by atoms with Crippen molar-refractivity contribution >= 4 is 41.2 Å². The van der Waals surface area contributed by atoms with Crippen LogP contribution in [0.2, 0.25) is 5.02 Å². The summed E-state index contributed by atoms with van der Waals surface area (Å²) < 4.78 is 0. The van der Waals surface area contributed by atoms with E-state index in [0.717, 1.165) is 44.1 Å². The molecule has 1 aromatic carbocycles. The van der Waals surface area contributed by atoms with Crippen LogP contribution in [0.4, 0.5) is 4.79 Å². The predicted molar refractivity (Wildman–Crippen MR) is 98.1 cm³/mol. The van der Waals surface area contributed by atoms with Crippen LogP contribution in [0.15, 0.2) is 30.0 Å². The van der Waals surface area contributed by atoms with Crippen LogP contribution in [0.1, 0.15) is 44.1 Å². The van der Waals surface area contributed by atoms with E-state index in [2.05, 4.69) is 5.32 Å². The lowest BCUT2D eigenvalue weighted by Gasteiger charge is -2.11. The maximum Gasteiger partial charge on any atom is 0.329 e. The lowest BCUT2D eigenvalue weighted by atomic mass is 10.1. The fraction of sp³-hybridized carbons (Fsp3) is 0.444. The van der Waals surface area contributed by atoms with Crippen molar-refractivity contribution in [3.8, 4) is 0 Å². The Morgan fingerprint density at radius 3 is 2.25 bits per heavy atom. The minimum atomic E-state index is -0.345. The lowest BCUT2D eigenvalue weighted by molar-refractivity contribution is -0.122. The summed E-state index contributed by atoms with van der Waals surface area (Å²) in [5.74, 6) is 0.447. The molecular weight excluding hydrogens is 347 g/mol. The van der Waals surface area contributed by atoms with E-state index in [4.69, 9.17) is 23.2 Å². The summed E-state index contributed by atoms with van der Waals surface area (Å²) in [7, 11) is 0. The fourth-order valence-electron chi connectivity index (χ4n) is 2.57. The Kier molecular flexibility index (Phi) is 7.60. The van der Waals surface area contributed by atoms with Gasteiger partial charge in [-0.1, -0.05) is 49.4 Å². The second-order valence-corrected chi connectivity index (χ2v) is 6.62. The van der Waals surface area contributed by atoms with Crippen molar-refractivity contribution in [1.29, 1.82) is 0 Å². The van der Waals surface area contributed by atoms with Gasteiger partial charge in [-0.2, -0.15) is 0 Å². The number of rotatable bonds is 9. The average molecular weight is 369 g/mol. The normalized spacial score (nSPS) is 16.1. The second-order valence-electron chi connectivity index (χ2n) is 5.81. The molecule has 1 N–H and O–H groups in total. The number of imide groups is 1. The van der Waals surface area contributed by atoms with Crippen LogP contribution in [0.3, 0.4) is 0 Å². The highest BCUT2D eigenvalue weighted by atomic mass is 35.5. The molecule has 6 heteroatoms. The summed E-state index contributed by atoms with van der Waals surface area (Å²) in [5.41, 5.74) is 1.13. The highest BCUT2D eigenvalue weighted by molar-refractivity contribution is 6.30. The maximum atomic E-state index is 12.3. The Bertz CT molecular complexity index is 600. The molecule has 1 aliphatic heterocycles. The quantitative estimate of drug-likeness (QED) is 0.294. The third-order valence-corrected chi connectivity index (χ3v) is 4.43. The molecule has 130 valence electrons. The van der Waals surface area contributed by atoms with Gasteiger partial charge in [-0.3, -0.25) is 9.69 Å². The van der Waals surface area contributed by atoms with Gasteiger partial charge in [0, 0.05) is 17.4 Å². The molecule has 0 atom stereocenters. The number of alkyl halides is 1. The van der Waals surface area contributed by atoms with Crippen molar-refractivity contribution in [3.63, 3.8) is 0 Å². The van der Waals surface area contributed by atoms with Crippen LogP contribution < -0.4 is 5.32 Å². The van der Waals surface area contributed by atoms with Gasteiger partial charge in [0.05, 0.1) is 0 Å². The highest BCUT2D eigenvalue weighted by Gasteiger charge is 2.32. The maximum absolute atomic E-state index is 12.3. The summed E-state index contributed by atoms with van der Waals surface area (Å²) in [6, 6.07) is 6.76. The van der Waals surface area contributed by atoms with Gasteiger partial charge < -0.3 is 5.32 Å². The molecule has 1 fully saturated rings. The van der Waals surface area contributed by atoms with E-state index in [9.17, 15) is 9.59 Å². The van der Waals surface area contributed by atoms with Crippen molar-refractivity contribution in [2.75, 3.05) is 12.4 Å². The number of benzene rings is 1. The molecule has 0 unspecified atom stereocenters. The van der Waals surface area contributed by atoms with Gasteiger partial charge in [0.25, 0.3) is 5.91 Å². The molecule has 0 aliphatic carbocycles. The Hall–Kier alpha value is -1.52. The molecule has 1 aliphatic rings. The number of hydrogen-bond acceptors (Lipinski definition) is 2. The first-order valence-corrected chi connectivity index (χ1v) is 9.19. The number of halogens is 2. The zero-order valence-electron chi connectivity index (χ0n) is 13.6.